The van der Waals surface area contributed by atoms with Gasteiger partial charge in [-0.1, -0.05) is 29.8 Å². The second-order valence-electron chi connectivity index (χ2n) is 6.15. The number of aromatic nitrogens is 4. The zero-order chi connectivity index (χ0) is 19.5. The van der Waals surface area contributed by atoms with Crippen LogP contribution in [0, 0.1) is 0 Å². The number of nitrogens with one attached hydrogen (secondary N) is 1. The number of thiophene rings is 1. The van der Waals surface area contributed by atoms with Gasteiger partial charge in [0.05, 0.1) is 24.5 Å². The van der Waals surface area contributed by atoms with Gasteiger partial charge in [0.2, 0.25) is 5.91 Å². The highest BCUT2D eigenvalue weighted by Gasteiger charge is 2.11. The lowest BCUT2D eigenvalue weighted by atomic mass is 10.2. The highest BCUT2D eigenvalue weighted by Crippen LogP contribution is 2.18. The van der Waals surface area contributed by atoms with Crippen molar-refractivity contribution in [1.29, 1.82) is 0 Å². The summed E-state index contributed by atoms with van der Waals surface area (Å²) in [6, 6.07) is 11.0. The van der Waals surface area contributed by atoms with E-state index < -0.39 is 0 Å². The molecule has 0 bridgehead atoms. The zero-order valence-corrected chi connectivity index (χ0v) is 16.3. The molecule has 0 atom stereocenters. The minimum absolute atomic E-state index is 0.136. The SMILES string of the molecule is O=C(CCn1cnc2sccc2c1=O)Nc1ccnn1Cc1ccccc1Cl. The molecule has 0 aliphatic carbocycles. The van der Waals surface area contributed by atoms with E-state index >= 15 is 0 Å². The van der Waals surface area contributed by atoms with E-state index in [2.05, 4.69) is 15.4 Å². The first-order valence-corrected chi connectivity index (χ1v) is 9.85. The van der Waals surface area contributed by atoms with Crippen molar-refractivity contribution in [3.05, 3.63) is 75.2 Å². The van der Waals surface area contributed by atoms with E-state index in [0.717, 1.165) is 5.56 Å². The number of hydrogen-bond acceptors (Lipinski definition) is 5. The van der Waals surface area contributed by atoms with Gasteiger partial charge in [-0.05, 0) is 23.1 Å². The van der Waals surface area contributed by atoms with E-state index in [4.69, 9.17) is 11.6 Å². The zero-order valence-electron chi connectivity index (χ0n) is 14.7. The number of amides is 1. The van der Waals surface area contributed by atoms with Crippen LogP contribution in [0.5, 0.6) is 0 Å². The Kier molecular flexibility index (Phi) is 5.23. The number of fused-ring (bicyclic) bond motifs is 1. The van der Waals surface area contributed by atoms with Crippen molar-refractivity contribution in [3.63, 3.8) is 0 Å². The van der Waals surface area contributed by atoms with Gasteiger partial charge in [-0.15, -0.1) is 11.3 Å². The summed E-state index contributed by atoms with van der Waals surface area (Å²) < 4.78 is 3.12. The molecule has 0 saturated carbocycles. The minimum Gasteiger partial charge on any atom is -0.311 e. The lowest BCUT2D eigenvalue weighted by molar-refractivity contribution is -0.116. The van der Waals surface area contributed by atoms with Crippen LogP contribution in [0.25, 0.3) is 10.2 Å². The third-order valence-electron chi connectivity index (χ3n) is 4.29. The number of benzene rings is 1. The largest absolute Gasteiger partial charge is 0.311 e. The van der Waals surface area contributed by atoms with E-state index in [1.165, 1.54) is 22.2 Å². The molecule has 142 valence electrons. The van der Waals surface area contributed by atoms with Crippen molar-refractivity contribution in [2.75, 3.05) is 5.32 Å². The Bertz CT molecular complexity index is 1200. The molecular formula is C19H16ClN5O2S. The number of nitrogens with zero attached hydrogens (tertiary/aromatic N) is 4. The molecule has 7 nitrogen and oxygen atoms in total. The Morgan fingerprint density at radius 1 is 1.21 bits per heavy atom. The second kappa shape index (κ2) is 7.95. The molecule has 3 heterocycles. The van der Waals surface area contributed by atoms with Gasteiger partial charge in [-0.3, -0.25) is 14.2 Å². The van der Waals surface area contributed by atoms with Gasteiger partial charge in [0.25, 0.3) is 5.56 Å². The van der Waals surface area contributed by atoms with Crippen LogP contribution in [0.1, 0.15) is 12.0 Å². The van der Waals surface area contributed by atoms with Gasteiger partial charge in [-0.25, -0.2) is 9.67 Å². The van der Waals surface area contributed by atoms with Gasteiger partial charge in [-0.2, -0.15) is 5.10 Å². The number of rotatable bonds is 6. The third-order valence-corrected chi connectivity index (χ3v) is 5.48. The number of aryl methyl sites for hydroxylation is 1. The Hall–Kier alpha value is -2.97. The standard InChI is InChI=1S/C19H16ClN5O2S/c20-15-4-2-1-3-13(15)11-25-16(5-8-22-25)23-17(26)6-9-24-12-21-18-14(19(24)27)7-10-28-18/h1-5,7-8,10,12H,6,9,11H2,(H,23,26). The molecule has 9 heteroatoms. The number of halogens is 1. The normalized spacial score (nSPS) is 11.0. The quantitative estimate of drug-likeness (QED) is 0.525. The molecule has 1 aromatic carbocycles. The number of anilines is 1. The van der Waals surface area contributed by atoms with Crippen LogP contribution in [0.4, 0.5) is 5.82 Å². The topological polar surface area (TPSA) is 81.8 Å². The highest BCUT2D eigenvalue weighted by molar-refractivity contribution is 7.16. The first kappa shape index (κ1) is 18.4. The van der Waals surface area contributed by atoms with Gasteiger partial charge < -0.3 is 5.32 Å². The van der Waals surface area contributed by atoms with Gasteiger partial charge >= 0.3 is 0 Å². The van der Waals surface area contributed by atoms with Crippen LogP contribution < -0.4 is 10.9 Å². The molecule has 1 amide bonds. The molecule has 4 rings (SSSR count). The average Bonchev–Trinajstić information content (AvgIpc) is 3.33. The van der Waals surface area contributed by atoms with Crippen molar-refractivity contribution >= 4 is 44.9 Å². The van der Waals surface area contributed by atoms with Crippen molar-refractivity contribution in [1.82, 2.24) is 19.3 Å². The summed E-state index contributed by atoms with van der Waals surface area (Å²) >= 11 is 7.62. The summed E-state index contributed by atoms with van der Waals surface area (Å²) in [7, 11) is 0. The van der Waals surface area contributed by atoms with Crippen LogP contribution in [-0.2, 0) is 17.9 Å². The fourth-order valence-electron chi connectivity index (χ4n) is 2.83. The lowest BCUT2D eigenvalue weighted by Gasteiger charge is -2.10. The molecular weight excluding hydrogens is 398 g/mol. The summed E-state index contributed by atoms with van der Waals surface area (Å²) in [5.41, 5.74) is 0.771. The van der Waals surface area contributed by atoms with Crippen molar-refractivity contribution in [3.8, 4) is 0 Å². The maximum Gasteiger partial charge on any atom is 0.262 e. The smallest absolute Gasteiger partial charge is 0.262 e. The number of hydrogen-bond donors (Lipinski definition) is 1. The predicted octanol–water partition coefficient (Wildman–Crippen LogP) is 3.39. The monoisotopic (exact) mass is 413 g/mol. The third kappa shape index (κ3) is 3.83. The van der Waals surface area contributed by atoms with Gasteiger partial charge in [0, 0.05) is 24.1 Å². The minimum atomic E-state index is -0.210. The van der Waals surface area contributed by atoms with Crippen LogP contribution in [0.2, 0.25) is 5.02 Å². The summed E-state index contributed by atoms with van der Waals surface area (Å²) in [5, 5.41) is 10.1. The highest BCUT2D eigenvalue weighted by atomic mass is 35.5. The first-order chi connectivity index (χ1) is 13.6. The van der Waals surface area contributed by atoms with Crippen LogP contribution in [-0.4, -0.2) is 25.2 Å². The molecule has 0 fully saturated rings. The van der Waals surface area contributed by atoms with E-state index in [1.807, 2.05) is 29.6 Å². The maximum atomic E-state index is 12.4. The van der Waals surface area contributed by atoms with Crippen molar-refractivity contribution in [2.24, 2.45) is 0 Å². The fourth-order valence-corrected chi connectivity index (χ4v) is 3.75. The molecule has 0 aliphatic rings. The summed E-state index contributed by atoms with van der Waals surface area (Å²) in [4.78, 5) is 29.7. The molecule has 0 saturated heterocycles. The van der Waals surface area contributed by atoms with Crippen molar-refractivity contribution < 1.29 is 4.79 Å². The number of carbonyl (C=O) groups excluding carboxylic acids is 1. The summed E-state index contributed by atoms with van der Waals surface area (Å²) in [6.07, 6.45) is 3.25. The van der Waals surface area contributed by atoms with E-state index in [9.17, 15) is 9.59 Å². The Labute approximate surface area is 169 Å². The average molecular weight is 414 g/mol. The fraction of sp³-hybridized carbons (Fsp3) is 0.158. The van der Waals surface area contributed by atoms with Crippen LogP contribution in [0.3, 0.4) is 0 Å². The van der Waals surface area contributed by atoms with E-state index in [-0.39, 0.29) is 24.4 Å². The number of carbonyl (C=O) groups is 1. The van der Waals surface area contributed by atoms with Crippen LogP contribution >= 0.6 is 22.9 Å². The molecule has 3 aromatic heterocycles. The molecule has 0 spiro atoms. The van der Waals surface area contributed by atoms with E-state index in [0.29, 0.717) is 27.6 Å². The first-order valence-electron chi connectivity index (χ1n) is 8.59. The molecule has 1 N–H and O–H groups in total. The maximum absolute atomic E-state index is 12.4. The predicted molar refractivity (Wildman–Crippen MR) is 110 cm³/mol. The lowest BCUT2D eigenvalue weighted by Crippen LogP contribution is -2.24. The molecule has 4 aromatic rings. The van der Waals surface area contributed by atoms with E-state index in [1.54, 1.807) is 23.0 Å². The van der Waals surface area contributed by atoms with Gasteiger partial charge in [0.15, 0.2) is 0 Å². The molecule has 28 heavy (non-hydrogen) atoms. The Morgan fingerprint density at radius 2 is 2.07 bits per heavy atom. The molecule has 0 unspecified atom stereocenters. The molecule has 0 radical (unpaired) electrons. The summed E-state index contributed by atoms with van der Waals surface area (Å²) in [5.74, 6) is 0.363. The summed E-state index contributed by atoms with van der Waals surface area (Å²) in [6.45, 7) is 0.697. The Balaban J connectivity index is 1.42. The van der Waals surface area contributed by atoms with Crippen molar-refractivity contribution in [2.45, 2.75) is 19.5 Å². The molecule has 0 aliphatic heterocycles. The van der Waals surface area contributed by atoms with Gasteiger partial charge in [0.1, 0.15) is 10.6 Å². The Morgan fingerprint density at radius 3 is 2.93 bits per heavy atom. The van der Waals surface area contributed by atoms with Crippen LogP contribution in [0.15, 0.2) is 59.1 Å². The second-order valence-corrected chi connectivity index (χ2v) is 7.45.